The van der Waals surface area contributed by atoms with Crippen LogP contribution in [0.2, 0.25) is 5.02 Å². The Morgan fingerprint density at radius 3 is 2.67 bits per heavy atom. The van der Waals surface area contributed by atoms with Crippen LogP contribution in [0.25, 0.3) is 5.57 Å². The number of rotatable bonds is 9. The number of nitrogens with zero attached hydrogens (tertiary/aromatic N) is 3. The molecule has 1 fully saturated rings. The van der Waals surface area contributed by atoms with Gasteiger partial charge in [0.2, 0.25) is 0 Å². The molecule has 1 aromatic heterocycles. The minimum atomic E-state index is -0.161. The number of carbonyl (C=O) groups is 2. The van der Waals surface area contributed by atoms with Crippen LogP contribution in [0.15, 0.2) is 60.9 Å². The van der Waals surface area contributed by atoms with Gasteiger partial charge in [0.15, 0.2) is 5.78 Å². The van der Waals surface area contributed by atoms with Crippen molar-refractivity contribution in [3.63, 3.8) is 0 Å². The maximum atomic E-state index is 13.6. The SMILES string of the molecule is O=CCCN1CCC(Nc2ncnc3c2C(C(=O)c2ccc(Oc4ccccc4)cc2Cl)=CC3)CC1. The van der Waals surface area contributed by atoms with Crippen LogP contribution in [0, 0.1) is 0 Å². The number of aldehydes is 1. The van der Waals surface area contributed by atoms with E-state index in [1.165, 1.54) is 0 Å². The molecule has 36 heavy (non-hydrogen) atoms. The third kappa shape index (κ3) is 5.32. The molecule has 1 aliphatic heterocycles. The van der Waals surface area contributed by atoms with Gasteiger partial charge < -0.3 is 19.7 Å². The Morgan fingerprint density at radius 1 is 1.11 bits per heavy atom. The molecule has 2 heterocycles. The van der Waals surface area contributed by atoms with Crippen molar-refractivity contribution >= 4 is 35.1 Å². The van der Waals surface area contributed by atoms with Gasteiger partial charge in [-0.3, -0.25) is 4.79 Å². The number of carbonyl (C=O) groups excluding carboxylic acids is 2. The summed E-state index contributed by atoms with van der Waals surface area (Å²) < 4.78 is 5.85. The number of Topliss-reactive ketones (excluding diaryl/α,β-unsaturated/α-hetero) is 1. The highest BCUT2D eigenvalue weighted by atomic mass is 35.5. The van der Waals surface area contributed by atoms with Crippen molar-refractivity contribution in [2.45, 2.75) is 31.7 Å². The number of nitrogens with one attached hydrogen (secondary N) is 1. The maximum Gasteiger partial charge on any atom is 0.195 e. The van der Waals surface area contributed by atoms with Gasteiger partial charge in [-0.15, -0.1) is 0 Å². The van der Waals surface area contributed by atoms with Gasteiger partial charge in [0.25, 0.3) is 0 Å². The van der Waals surface area contributed by atoms with Crippen LogP contribution in [0.1, 0.15) is 40.9 Å². The lowest BCUT2D eigenvalue weighted by atomic mass is 9.98. The molecule has 0 bridgehead atoms. The molecule has 7 nitrogen and oxygen atoms in total. The molecule has 184 valence electrons. The quantitative estimate of drug-likeness (QED) is 0.317. The van der Waals surface area contributed by atoms with E-state index >= 15 is 0 Å². The average molecular weight is 503 g/mol. The highest BCUT2D eigenvalue weighted by Crippen LogP contribution is 2.36. The first kappa shape index (κ1) is 24.2. The summed E-state index contributed by atoms with van der Waals surface area (Å²) in [7, 11) is 0. The summed E-state index contributed by atoms with van der Waals surface area (Å²) >= 11 is 6.54. The standard InChI is InChI=1S/C28H27ClN4O3/c29-24-17-21(36-20-5-2-1-3-6-20)7-8-22(24)27(35)23-9-10-25-26(23)28(31-18-30-25)32-19-11-14-33(15-12-19)13-4-16-34/h1-3,5-9,16-19H,4,10-15H2,(H,30,31,32). The third-order valence-electron chi connectivity index (χ3n) is 6.59. The van der Waals surface area contributed by atoms with E-state index in [9.17, 15) is 9.59 Å². The van der Waals surface area contributed by atoms with E-state index in [-0.39, 0.29) is 11.8 Å². The number of allylic oxidation sites excluding steroid dienone is 2. The lowest BCUT2D eigenvalue weighted by Gasteiger charge is -2.32. The molecule has 1 N–H and O–H groups in total. The average Bonchev–Trinajstić information content (AvgIpc) is 3.34. The van der Waals surface area contributed by atoms with Crippen molar-refractivity contribution in [3.05, 3.63) is 82.8 Å². The van der Waals surface area contributed by atoms with Gasteiger partial charge >= 0.3 is 0 Å². The van der Waals surface area contributed by atoms with E-state index < -0.39 is 0 Å². The molecule has 5 rings (SSSR count). The Hall–Kier alpha value is -3.55. The van der Waals surface area contributed by atoms with Crippen molar-refractivity contribution < 1.29 is 14.3 Å². The molecule has 1 aliphatic carbocycles. The highest BCUT2D eigenvalue weighted by Gasteiger charge is 2.29. The fraction of sp³-hybridized carbons (Fsp3) is 0.286. The van der Waals surface area contributed by atoms with E-state index in [0.29, 0.717) is 46.3 Å². The lowest BCUT2D eigenvalue weighted by Crippen LogP contribution is -2.39. The van der Waals surface area contributed by atoms with Crippen LogP contribution in [-0.2, 0) is 11.2 Å². The molecule has 3 aromatic rings. The van der Waals surface area contributed by atoms with Gasteiger partial charge in [0, 0.05) is 61.3 Å². The fourth-order valence-electron chi connectivity index (χ4n) is 4.72. The van der Waals surface area contributed by atoms with E-state index in [4.69, 9.17) is 16.3 Å². The monoisotopic (exact) mass is 502 g/mol. The summed E-state index contributed by atoms with van der Waals surface area (Å²) in [6.07, 6.45) is 7.44. The zero-order chi connectivity index (χ0) is 24.9. The molecule has 1 saturated heterocycles. The van der Waals surface area contributed by atoms with Crippen LogP contribution < -0.4 is 10.1 Å². The molecule has 0 saturated carbocycles. The Bertz CT molecular complexity index is 1290. The Labute approximate surface area is 215 Å². The smallest absolute Gasteiger partial charge is 0.195 e. The molecule has 2 aromatic carbocycles. The maximum absolute atomic E-state index is 13.6. The minimum Gasteiger partial charge on any atom is -0.457 e. The predicted molar refractivity (Wildman–Crippen MR) is 140 cm³/mol. The Kier molecular flexibility index (Phi) is 7.39. The molecular weight excluding hydrogens is 476 g/mol. The first-order valence-electron chi connectivity index (χ1n) is 12.2. The number of fused-ring (bicyclic) bond motifs is 1. The largest absolute Gasteiger partial charge is 0.457 e. The second kappa shape index (κ2) is 11.0. The summed E-state index contributed by atoms with van der Waals surface area (Å²) in [6, 6.07) is 14.8. The van der Waals surface area contributed by atoms with E-state index in [2.05, 4.69) is 20.2 Å². The van der Waals surface area contributed by atoms with Crippen molar-refractivity contribution in [2.75, 3.05) is 25.0 Å². The normalized spacial score (nSPS) is 15.8. The molecule has 2 aliphatic rings. The van der Waals surface area contributed by atoms with Gasteiger partial charge in [-0.05, 0) is 37.1 Å². The summed E-state index contributed by atoms with van der Waals surface area (Å²) in [5.74, 6) is 1.78. The van der Waals surface area contributed by atoms with Crippen LogP contribution in [0.3, 0.4) is 0 Å². The molecule has 0 amide bonds. The van der Waals surface area contributed by atoms with Gasteiger partial charge in [-0.25, -0.2) is 9.97 Å². The molecule has 0 spiro atoms. The molecule has 0 unspecified atom stereocenters. The summed E-state index contributed by atoms with van der Waals surface area (Å²) in [4.78, 5) is 35.5. The number of ether oxygens (including phenoxy) is 1. The summed E-state index contributed by atoms with van der Waals surface area (Å²) in [6.45, 7) is 2.65. The van der Waals surface area contributed by atoms with E-state index in [1.54, 1.807) is 24.5 Å². The van der Waals surface area contributed by atoms with Crippen molar-refractivity contribution in [2.24, 2.45) is 0 Å². The van der Waals surface area contributed by atoms with Crippen LogP contribution in [0.4, 0.5) is 5.82 Å². The zero-order valence-electron chi connectivity index (χ0n) is 19.8. The lowest BCUT2D eigenvalue weighted by molar-refractivity contribution is -0.108. The van der Waals surface area contributed by atoms with Crippen LogP contribution in [-0.4, -0.2) is 52.6 Å². The zero-order valence-corrected chi connectivity index (χ0v) is 20.6. The number of benzene rings is 2. The fourth-order valence-corrected chi connectivity index (χ4v) is 4.98. The van der Waals surface area contributed by atoms with Gasteiger partial charge in [-0.1, -0.05) is 35.9 Å². The molecule has 8 heteroatoms. The number of hydrogen-bond donors (Lipinski definition) is 1. The number of likely N-dealkylation sites (tertiary alicyclic amines) is 1. The second-order valence-electron chi connectivity index (χ2n) is 8.97. The Morgan fingerprint density at radius 2 is 1.92 bits per heavy atom. The number of aromatic nitrogens is 2. The van der Waals surface area contributed by atoms with E-state index in [1.807, 2.05) is 36.4 Å². The van der Waals surface area contributed by atoms with Gasteiger partial charge in [0.1, 0.15) is 29.9 Å². The first-order valence-corrected chi connectivity index (χ1v) is 12.5. The number of anilines is 1. The van der Waals surface area contributed by atoms with Crippen molar-refractivity contribution in [1.29, 1.82) is 0 Å². The van der Waals surface area contributed by atoms with E-state index in [0.717, 1.165) is 50.0 Å². The highest BCUT2D eigenvalue weighted by molar-refractivity contribution is 6.39. The van der Waals surface area contributed by atoms with Crippen LogP contribution in [0.5, 0.6) is 11.5 Å². The van der Waals surface area contributed by atoms with Crippen LogP contribution >= 0.6 is 11.6 Å². The first-order chi connectivity index (χ1) is 17.6. The molecule has 0 radical (unpaired) electrons. The van der Waals surface area contributed by atoms with Gasteiger partial charge in [0.05, 0.1) is 10.7 Å². The van der Waals surface area contributed by atoms with Crippen molar-refractivity contribution in [1.82, 2.24) is 14.9 Å². The minimum absolute atomic E-state index is 0.161. The summed E-state index contributed by atoms with van der Waals surface area (Å²) in [5, 5.41) is 3.88. The second-order valence-corrected chi connectivity index (χ2v) is 9.37. The van der Waals surface area contributed by atoms with Gasteiger partial charge in [-0.2, -0.15) is 0 Å². The molecule has 0 atom stereocenters. The van der Waals surface area contributed by atoms with Crippen molar-refractivity contribution in [3.8, 4) is 11.5 Å². The topological polar surface area (TPSA) is 84.4 Å². The number of piperidine rings is 1. The number of ketones is 1. The number of halogens is 1. The Balaban J connectivity index is 1.31. The number of para-hydroxylation sites is 1. The number of hydrogen-bond acceptors (Lipinski definition) is 7. The third-order valence-corrected chi connectivity index (χ3v) is 6.91. The predicted octanol–water partition coefficient (Wildman–Crippen LogP) is 5.21. The molecular formula is C28H27ClN4O3. The summed E-state index contributed by atoms with van der Waals surface area (Å²) in [5.41, 5.74) is 2.57.